The van der Waals surface area contributed by atoms with Crippen LogP contribution >= 0.6 is 0 Å². The Morgan fingerprint density at radius 2 is 2.50 bits per heavy atom. The minimum Gasteiger partial charge on any atom is -0.505 e. The van der Waals surface area contributed by atoms with E-state index in [0.29, 0.717) is 12.1 Å². The maximum atomic E-state index is 12.5. The van der Waals surface area contributed by atoms with Gasteiger partial charge in [0.15, 0.2) is 0 Å². The van der Waals surface area contributed by atoms with Crippen molar-refractivity contribution in [1.82, 2.24) is 15.2 Å². The molecular weight excluding hydrogens is 230 g/mol. The van der Waals surface area contributed by atoms with Gasteiger partial charge >= 0.3 is 0 Å². The monoisotopic (exact) mass is 249 g/mol. The number of hydrogen-bond acceptors (Lipinski definition) is 4. The fourth-order valence-electron chi connectivity index (χ4n) is 2.32. The molecule has 2 heterocycles. The number of carbonyl (C=O) groups is 1. The van der Waals surface area contributed by atoms with Crippen molar-refractivity contribution in [2.75, 3.05) is 19.6 Å². The molecule has 1 amide bonds. The molecule has 0 radical (unpaired) electrons. The summed E-state index contributed by atoms with van der Waals surface area (Å²) in [6, 6.07) is 1.80. The molecule has 1 aliphatic heterocycles. The number of nitrogens with zero attached hydrogens (tertiary/aromatic N) is 2. The van der Waals surface area contributed by atoms with Gasteiger partial charge in [-0.1, -0.05) is 6.92 Å². The van der Waals surface area contributed by atoms with Crippen LogP contribution in [0.3, 0.4) is 0 Å². The minimum atomic E-state index is -0.106. The van der Waals surface area contributed by atoms with Crippen molar-refractivity contribution < 1.29 is 9.90 Å². The summed E-state index contributed by atoms with van der Waals surface area (Å²) in [5, 5.41) is 13.0. The molecule has 0 aromatic carbocycles. The van der Waals surface area contributed by atoms with E-state index in [1.54, 1.807) is 6.07 Å². The zero-order chi connectivity index (χ0) is 13.0. The summed E-state index contributed by atoms with van der Waals surface area (Å²) < 4.78 is 0. The molecule has 2 N–H and O–H groups in total. The van der Waals surface area contributed by atoms with E-state index in [0.717, 1.165) is 25.9 Å². The molecule has 0 spiro atoms. The molecule has 98 valence electrons. The number of aromatic hydroxyl groups is 1. The summed E-state index contributed by atoms with van der Waals surface area (Å²) in [4.78, 5) is 18.1. The van der Waals surface area contributed by atoms with Crippen LogP contribution in [-0.2, 0) is 0 Å². The zero-order valence-electron chi connectivity index (χ0n) is 10.6. The molecule has 1 aliphatic rings. The summed E-state index contributed by atoms with van der Waals surface area (Å²) in [5.41, 5.74) is 0.338. The molecule has 0 aliphatic carbocycles. The van der Waals surface area contributed by atoms with Gasteiger partial charge in [0.05, 0.1) is 11.8 Å². The SMILES string of the molecule is CCCN(C(=O)c1ccncc1O)C1CCNC1. The highest BCUT2D eigenvalue weighted by Crippen LogP contribution is 2.20. The Labute approximate surface area is 107 Å². The lowest BCUT2D eigenvalue weighted by Crippen LogP contribution is -2.42. The van der Waals surface area contributed by atoms with E-state index in [9.17, 15) is 9.90 Å². The second-order valence-corrected chi connectivity index (χ2v) is 4.54. The second kappa shape index (κ2) is 5.82. The Bertz CT molecular complexity index is 416. The molecule has 5 nitrogen and oxygen atoms in total. The number of pyridine rings is 1. The number of carbonyl (C=O) groups excluding carboxylic acids is 1. The predicted octanol–water partition coefficient (Wildman–Crippen LogP) is 1.00. The first-order chi connectivity index (χ1) is 8.74. The van der Waals surface area contributed by atoms with E-state index in [-0.39, 0.29) is 17.7 Å². The van der Waals surface area contributed by atoms with Crippen LogP contribution in [0.2, 0.25) is 0 Å². The number of amides is 1. The Balaban J connectivity index is 2.20. The Morgan fingerprint density at radius 1 is 1.67 bits per heavy atom. The summed E-state index contributed by atoms with van der Waals surface area (Å²) in [5.74, 6) is -0.153. The Hall–Kier alpha value is -1.62. The van der Waals surface area contributed by atoms with Gasteiger partial charge in [0.2, 0.25) is 0 Å². The largest absolute Gasteiger partial charge is 0.505 e. The zero-order valence-corrected chi connectivity index (χ0v) is 10.6. The van der Waals surface area contributed by atoms with Crippen molar-refractivity contribution in [3.8, 4) is 5.75 Å². The van der Waals surface area contributed by atoms with Crippen molar-refractivity contribution in [1.29, 1.82) is 0 Å². The maximum absolute atomic E-state index is 12.5. The first-order valence-corrected chi connectivity index (χ1v) is 6.38. The van der Waals surface area contributed by atoms with E-state index in [2.05, 4.69) is 17.2 Å². The molecule has 1 fully saturated rings. The lowest BCUT2D eigenvalue weighted by atomic mass is 10.1. The second-order valence-electron chi connectivity index (χ2n) is 4.54. The fourth-order valence-corrected chi connectivity index (χ4v) is 2.32. The van der Waals surface area contributed by atoms with Crippen LogP contribution in [0.1, 0.15) is 30.1 Å². The average molecular weight is 249 g/mol. The van der Waals surface area contributed by atoms with Crippen molar-refractivity contribution >= 4 is 5.91 Å². The molecular formula is C13H19N3O2. The van der Waals surface area contributed by atoms with Gasteiger partial charge in [-0.3, -0.25) is 9.78 Å². The van der Waals surface area contributed by atoms with Crippen molar-refractivity contribution in [2.24, 2.45) is 0 Å². The van der Waals surface area contributed by atoms with Crippen LogP contribution < -0.4 is 5.32 Å². The molecule has 1 unspecified atom stereocenters. The van der Waals surface area contributed by atoms with Crippen LogP contribution in [0.25, 0.3) is 0 Å². The summed E-state index contributed by atoms with van der Waals surface area (Å²) in [7, 11) is 0. The molecule has 0 saturated carbocycles. The number of nitrogens with one attached hydrogen (secondary N) is 1. The fraction of sp³-hybridized carbons (Fsp3) is 0.538. The average Bonchev–Trinajstić information content (AvgIpc) is 2.89. The highest BCUT2D eigenvalue weighted by molar-refractivity contribution is 5.96. The van der Waals surface area contributed by atoms with Crippen molar-refractivity contribution in [3.05, 3.63) is 24.0 Å². The smallest absolute Gasteiger partial charge is 0.258 e. The Morgan fingerprint density at radius 3 is 3.11 bits per heavy atom. The topological polar surface area (TPSA) is 65.5 Å². The minimum absolute atomic E-state index is 0.0467. The van der Waals surface area contributed by atoms with Crippen LogP contribution in [0, 0.1) is 0 Å². The highest BCUT2D eigenvalue weighted by atomic mass is 16.3. The molecule has 18 heavy (non-hydrogen) atoms. The van der Waals surface area contributed by atoms with Gasteiger partial charge in [-0.2, -0.15) is 0 Å². The summed E-state index contributed by atoms with van der Waals surface area (Å²) in [6.07, 6.45) is 4.72. The predicted molar refractivity (Wildman–Crippen MR) is 68.5 cm³/mol. The molecule has 1 saturated heterocycles. The summed E-state index contributed by atoms with van der Waals surface area (Å²) >= 11 is 0. The Kier molecular flexibility index (Phi) is 4.15. The quantitative estimate of drug-likeness (QED) is 0.835. The first kappa shape index (κ1) is 12.8. The van der Waals surface area contributed by atoms with Gasteiger partial charge in [0, 0.05) is 25.3 Å². The van der Waals surface area contributed by atoms with Crippen LogP contribution in [0.4, 0.5) is 0 Å². The normalized spacial score (nSPS) is 18.8. The van der Waals surface area contributed by atoms with E-state index < -0.39 is 0 Å². The molecule has 1 aromatic rings. The molecule has 5 heteroatoms. The third kappa shape index (κ3) is 2.61. The van der Waals surface area contributed by atoms with E-state index in [4.69, 9.17) is 0 Å². The van der Waals surface area contributed by atoms with Crippen LogP contribution in [0.15, 0.2) is 18.5 Å². The van der Waals surface area contributed by atoms with Crippen LogP contribution in [-0.4, -0.2) is 46.6 Å². The number of rotatable bonds is 4. The van der Waals surface area contributed by atoms with E-state index in [1.165, 1.54) is 12.4 Å². The molecule has 1 atom stereocenters. The standard InChI is InChI=1S/C13H19N3O2/c1-2-7-16(10-3-5-14-8-10)13(18)11-4-6-15-9-12(11)17/h4,6,9-10,14,17H,2-3,5,7-8H2,1H3. The van der Waals surface area contributed by atoms with Gasteiger partial charge in [-0.15, -0.1) is 0 Å². The molecule has 2 rings (SSSR count). The first-order valence-electron chi connectivity index (χ1n) is 6.38. The van der Waals surface area contributed by atoms with Gasteiger partial charge in [0.25, 0.3) is 5.91 Å². The molecule has 0 bridgehead atoms. The lowest BCUT2D eigenvalue weighted by Gasteiger charge is -2.28. The highest BCUT2D eigenvalue weighted by Gasteiger charge is 2.27. The van der Waals surface area contributed by atoms with Crippen LogP contribution in [0.5, 0.6) is 5.75 Å². The van der Waals surface area contributed by atoms with Crippen molar-refractivity contribution in [2.45, 2.75) is 25.8 Å². The van der Waals surface area contributed by atoms with E-state index in [1.807, 2.05) is 4.90 Å². The number of aromatic nitrogens is 1. The third-order valence-electron chi connectivity index (χ3n) is 3.23. The van der Waals surface area contributed by atoms with Gasteiger partial charge in [-0.05, 0) is 25.5 Å². The number of hydrogen-bond donors (Lipinski definition) is 2. The lowest BCUT2D eigenvalue weighted by molar-refractivity contribution is 0.0689. The van der Waals surface area contributed by atoms with E-state index >= 15 is 0 Å². The van der Waals surface area contributed by atoms with Gasteiger partial charge in [0.1, 0.15) is 5.75 Å². The van der Waals surface area contributed by atoms with Crippen molar-refractivity contribution in [3.63, 3.8) is 0 Å². The molecule has 1 aromatic heterocycles. The maximum Gasteiger partial charge on any atom is 0.258 e. The van der Waals surface area contributed by atoms with Gasteiger partial charge < -0.3 is 15.3 Å². The third-order valence-corrected chi connectivity index (χ3v) is 3.23. The summed E-state index contributed by atoms with van der Waals surface area (Å²) in [6.45, 7) is 4.54. The van der Waals surface area contributed by atoms with Gasteiger partial charge in [-0.25, -0.2) is 0 Å².